The molecule has 0 bridgehead atoms. The van der Waals surface area contributed by atoms with Gasteiger partial charge in [-0.2, -0.15) is 25.5 Å². The van der Waals surface area contributed by atoms with Crippen LogP contribution >= 0.6 is 23.2 Å². The van der Waals surface area contributed by atoms with Crippen LogP contribution in [0.1, 0.15) is 148 Å². The molecule has 4 aliphatic rings. The van der Waals surface area contributed by atoms with Gasteiger partial charge in [0.15, 0.2) is 0 Å². The summed E-state index contributed by atoms with van der Waals surface area (Å²) in [6, 6.07) is 116. The third kappa shape index (κ3) is 22.3. The second kappa shape index (κ2) is 43.4. The van der Waals surface area contributed by atoms with E-state index in [0.717, 1.165) is 213 Å². The minimum absolute atomic E-state index is 0.679. The van der Waals surface area contributed by atoms with Gasteiger partial charge >= 0.3 is 0 Å². The molecule has 124 heavy (non-hydrogen) atoms. The number of benzene rings is 13. The summed E-state index contributed by atoms with van der Waals surface area (Å²) in [4.78, 5) is 8.73. The molecule has 19 rings (SSSR count). The molecular weight excluding hydrogens is 1570 g/mol. The smallest absolute Gasteiger partial charge is 0.119 e. The molecule has 0 saturated heterocycles. The van der Waals surface area contributed by atoms with Crippen LogP contribution in [0.3, 0.4) is 0 Å². The fraction of sp³-hybridized carbons (Fsp3) is 0.148. The molecule has 0 spiro atoms. The van der Waals surface area contributed by atoms with E-state index in [4.69, 9.17) is 48.0 Å². The van der Waals surface area contributed by atoms with Crippen LogP contribution < -0.4 is 20.3 Å². The molecule has 2 heterocycles. The van der Waals surface area contributed by atoms with E-state index in [0.29, 0.717) is 10.0 Å². The van der Waals surface area contributed by atoms with Gasteiger partial charge in [0.25, 0.3) is 0 Å². The first-order valence-electron chi connectivity index (χ1n) is 42.3. The fourth-order valence-electron chi connectivity index (χ4n) is 15.6. The molecule has 15 aromatic rings. The van der Waals surface area contributed by atoms with Crippen LogP contribution in [-0.4, -0.2) is 69.9 Å². The maximum absolute atomic E-state index is 6.05. The molecule has 4 aliphatic carbocycles. The molecule has 14 nitrogen and oxygen atoms in total. The Morgan fingerprint density at radius 1 is 0.306 bits per heavy atom. The lowest BCUT2D eigenvalue weighted by molar-refractivity contribution is 0.414. The highest BCUT2D eigenvalue weighted by Crippen LogP contribution is 2.32. The summed E-state index contributed by atoms with van der Waals surface area (Å²) >= 11 is 12.1. The summed E-state index contributed by atoms with van der Waals surface area (Å²) in [7, 11) is 3.40. The van der Waals surface area contributed by atoms with Crippen molar-refractivity contribution in [2.45, 2.75) is 90.4 Å². The topological polar surface area (TPSA) is 167 Å². The molecule has 0 saturated carbocycles. The summed E-state index contributed by atoms with van der Waals surface area (Å²) in [6.07, 6.45) is 17.1. The second-order valence-electron chi connectivity index (χ2n) is 30.1. The van der Waals surface area contributed by atoms with Gasteiger partial charge in [-0.1, -0.05) is 291 Å². The van der Waals surface area contributed by atoms with Gasteiger partial charge in [0.2, 0.25) is 0 Å². The maximum Gasteiger partial charge on any atom is 0.119 e. The van der Waals surface area contributed by atoms with E-state index in [-0.39, 0.29) is 0 Å². The van der Waals surface area contributed by atoms with Crippen molar-refractivity contribution >= 4 is 102 Å². The normalized spacial score (nSPS) is 14.2. The number of fused-ring (bicyclic) bond motifs is 6. The van der Waals surface area contributed by atoms with Gasteiger partial charge in [-0.25, -0.2) is 0 Å². The predicted octanol–water partition coefficient (Wildman–Crippen LogP) is 26.0. The molecule has 13 aromatic carbocycles. The first-order chi connectivity index (χ1) is 61.2. The van der Waals surface area contributed by atoms with E-state index in [1.165, 1.54) is 44.5 Å². The molecule has 0 radical (unpaired) electrons. The molecule has 2 N–H and O–H groups in total. The van der Waals surface area contributed by atoms with Gasteiger partial charge in [-0.05, 0) is 196 Å². The molecule has 614 valence electrons. The van der Waals surface area contributed by atoms with Crippen LogP contribution in [0.2, 0.25) is 10.0 Å². The quantitative estimate of drug-likeness (QED) is 0.0680. The Labute approximate surface area is 736 Å². The zero-order valence-electron chi connectivity index (χ0n) is 69.8. The number of hydrogen-bond donors (Lipinski definition) is 2. The van der Waals surface area contributed by atoms with Crippen LogP contribution in [0.5, 0.6) is 11.5 Å². The standard InChI is InChI=1S/C24H22N2O.C23H20N2.C22H20N2.C20H18ClN3O.C19H16ClN3/c1-27-21-15-16-22-20(17-21)13-8-14-23(22)25-26-24(18-9-4-2-5-10-18)19-11-6-3-7-12-19;1-3-11-19(12-4-1)23(20-13-5-2-6-14-20)25-24-22-17-9-15-18-10-7-8-16-21(18)22;1-2-21(18-12-6-3-7-13-18)23-24-22(19-14-8-4-9-15-19)20-16-10-5-11-17-20;1-25-15-6-8-16-13(11-15)3-2-4-18(16)23-24-19-9-10-22-20-12-14(21)5-7-17(19)20;20-14-8-9-16-18(10-11-21-19(16)12-14)23-22-17-7-3-5-13-4-1-2-6-15(13)17/h2-7,9-12,15-17H,8,13-14H2,1H3;1-8,10-14,16H,9,15,17H2;3-17H,2H2,1H3;5-12H,2-4H2,1H3,(H,22,24);1-2,4,6,8-12H,3,5,7H2,(H,21,23). The third-order valence-electron chi connectivity index (χ3n) is 21.9. The summed E-state index contributed by atoms with van der Waals surface area (Å²) in [6.45, 7) is 2.10. The van der Waals surface area contributed by atoms with Crippen molar-refractivity contribution in [2.24, 2.45) is 40.8 Å². The van der Waals surface area contributed by atoms with E-state index in [1.807, 2.05) is 188 Å². The molecule has 2 aromatic heterocycles. The first-order valence-corrected chi connectivity index (χ1v) is 43.0. The molecule has 0 atom stereocenters. The number of rotatable bonds is 17. The Balaban J connectivity index is 0.000000120. The summed E-state index contributed by atoms with van der Waals surface area (Å²) < 4.78 is 10.7. The van der Waals surface area contributed by atoms with Crippen LogP contribution in [0.25, 0.3) is 21.8 Å². The number of aryl methyl sites for hydroxylation is 4. The highest BCUT2D eigenvalue weighted by molar-refractivity contribution is 6.32. The summed E-state index contributed by atoms with van der Waals surface area (Å²) in [5, 5.41) is 40.7. The zero-order chi connectivity index (χ0) is 84.9. The number of hydrogen-bond acceptors (Lipinski definition) is 14. The fourth-order valence-corrected chi connectivity index (χ4v) is 15.9. The SMILES string of the molecule is CCC(=NN=C(c1ccccc1)c1ccccc1)c1ccccc1.COc1ccc2c(c1)CCCC2=NN=C(c1ccccc1)c1ccccc1.COc1ccc2c(c1)CCCC2=NNc1ccnc2cc(Cl)ccc12.Clc1ccc2c(NN=C3CCCc4ccccc43)ccnc2c1.c1ccc(C(=NN=C2CCCc3ccccc32)c2ccccc2)cc1. The van der Waals surface area contributed by atoms with Crippen LogP contribution in [0, 0.1) is 0 Å². The Morgan fingerprint density at radius 2 is 0.621 bits per heavy atom. The molecular formula is C108H96Cl2N12O2. The van der Waals surface area contributed by atoms with E-state index >= 15 is 0 Å². The van der Waals surface area contributed by atoms with E-state index in [2.05, 4.69) is 211 Å². The lowest BCUT2D eigenvalue weighted by Crippen LogP contribution is -2.13. The summed E-state index contributed by atoms with van der Waals surface area (Å²) in [5.41, 5.74) is 35.8. The van der Waals surface area contributed by atoms with Crippen molar-refractivity contribution in [1.82, 2.24) is 9.97 Å². The number of hydrazone groups is 2. The molecule has 0 amide bonds. The lowest BCUT2D eigenvalue weighted by Gasteiger charge is -2.19. The molecule has 16 heteroatoms. The third-order valence-corrected chi connectivity index (χ3v) is 22.4. The number of nitrogens with zero attached hydrogens (tertiary/aromatic N) is 10. The van der Waals surface area contributed by atoms with E-state index in [9.17, 15) is 0 Å². The lowest BCUT2D eigenvalue weighted by atomic mass is 9.90. The first kappa shape index (κ1) is 84.8. The predicted molar refractivity (Wildman–Crippen MR) is 516 cm³/mol. The van der Waals surface area contributed by atoms with Gasteiger partial charge in [-0.15, -0.1) is 15.3 Å². The monoisotopic (exact) mass is 1660 g/mol. The Bertz CT molecular complexity index is 6260. The van der Waals surface area contributed by atoms with Crippen molar-refractivity contribution < 1.29 is 9.47 Å². The van der Waals surface area contributed by atoms with Crippen LogP contribution in [0.4, 0.5) is 11.4 Å². The number of halogens is 2. The average molecular weight is 1660 g/mol. The van der Waals surface area contributed by atoms with Crippen molar-refractivity contribution in [2.75, 3.05) is 25.1 Å². The maximum atomic E-state index is 6.05. The van der Waals surface area contributed by atoms with Gasteiger partial charge in [-0.3, -0.25) is 20.8 Å². The minimum atomic E-state index is 0.679. The highest BCUT2D eigenvalue weighted by Gasteiger charge is 2.22. The van der Waals surface area contributed by atoms with Gasteiger partial charge in [0.05, 0.1) is 65.2 Å². The Morgan fingerprint density at radius 3 is 0.992 bits per heavy atom. The van der Waals surface area contributed by atoms with Gasteiger partial charge in [0, 0.05) is 88.8 Å². The van der Waals surface area contributed by atoms with Gasteiger partial charge in [0.1, 0.15) is 28.6 Å². The summed E-state index contributed by atoms with van der Waals surface area (Å²) in [5.74, 6) is 1.79. The van der Waals surface area contributed by atoms with Crippen LogP contribution in [0.15, 0.2) is 399 Å². The number of nitrogens with one attached hydrogen (secondary N) is 2. The van der Waals surface area contributed by atoms with E-state index in [1.54, 1.807) is 26.6 Å². The Hall–Kier alpha value is -14.2. The number of anilines is 2. The van der Waals surface area contributed by atoms with Crippen LogP contribution in [-0.2, 0) is 25.7 Å². The zero-order valence-corrected chi connectivity index (χ0v) is 71.3. The van der Waals surface area contributed by atoms with E-state index < -0.39 is 0 Å². The average Bonchev–Trinajstić information content (AvgIpc) is 0.807. The number of methoxy groups -OCH3 is 2. The number of aromatic nitrogens is 2. The largest absolute Gasteiger partial charge is 0.497 e. The number of ether oxygens (including phenoxy) is 2. The molecule has 0 unspecified atom stereocenters. The van der Waals surface area contributed by atoms with Crippen molar-refractivity contribution in [3.8, 4) is 11.5 Å². The van der Waals surface area contributed by atoms with Crippen molar-refractivity contribution in [3.05, 3.63) is 452 Å². The minimum Gasteiger partial charge on any atom is -0.497 e. The Kier molecular flexibility index (Phi) is 29.7. The number of pyridine rings is 2. The van der Waals surface area contributed by atoms with Gasteiger partial charge < -0.3 is 9.47 Å². The highest BCUT2D eigenvalue weighted by atomic mass is 35.5. The molecule has 0 aliphatic heterocycles. The second-order valence-corrected chi connectivity index (χ2v) is 30.9. The van der Waals surface area contributed by atoms with Crippen molar-refractivity contribution in [3.63, 3.8) is 0 Å². The van der Waals surface area contributed by atoms with Crippen molar-refractivity contribution in [1.29, 1.82) is 0 Å². The molecule has 0 fully saturated rings.